The summed E-state index contributed by atoms with van der Waals surface area (Å²) in [4.78, 5) is 11.2. The average Bonchev–Trinajstić information content (AvgIpc) is 2.69. The van der Waals surface area contributed by atoms with Crippen molar-refractivity contribution >= 4 is 5.95 Å². The van der Waals surface area contributed by atoms with E-state index in [0.717, 1.165) is 43.6 Å². The quantitative estimate of drug-likeness (QED) is 0.822. The molecule has 4 rings (SSSR count). The van der Waals surface area contributed by atoms with Crippen LogP contribution >= 0.6 is 0 Å². The standard InChI is InChI=1S/C21H20FN5O/c22-15-6-7-16(19(10-15)28-13-23)20-17-12-27(11-14-4-2-1-3-5-14)9-8-18(17)25-21(24)26-20/h2,4-7,10H,1,3,8-9,11-12H2,(H2,24,25,26). The van der Waals surface area contributed by atoms with E-state index in [1.54, 1.807) is 12.3 Å². The number of nitriles is 1. The van der Waals surface area contributed by atoms with Gasteiger partial charge in [-0.25, -0.2) is 14.4 Å². The lowest BCUT2D eigenvalue weighted by Crippen LogP contribution is -2.33. The van der Waals surface area contributed by atoms with Crippen LogP contribution in [-0.2, 0) is 13.0 Å². The summed E-state index contributed by atoms with van der Waals surface area (Å²) in [5, 5.41) is 8.93. The second kappa shape index (κ2) is 7.79. The number of halogens is 1. The van der Waals surface area contributed by atoms with Gasteiger partial charge in [-0.05, 0) is 30.5 Å². The molecule has 1 aliphatic carbocycles. The maximum absolute atomic E-state index is 13.7. The molecule has 2 N–H and O–H groups in total. The van der Waals surface area contributed by atoms with Gasteiger partial charge < -0.3 is 10.5 Å². The molecule has 1 aromatic heterocycles. The summed E-state index contributed by atoms with van der Waals surface area (Å²) in [5.41, 5.74) is 10.2. The van der Waals surface area contributed by atoms with E-state index in [4.69, 9.17) is 15.7 Å². The van der Waals surface area contributed by atoms with Crippen LogP contribution in [0.1, 0.15) is 24.1 Å². The number of benzene rings is 1. The second-order valence-electron chi connectivity index (χ2n) is 6.91. The average molecular weight is 377 g/mol. The highest BCUT2D eigenvalue weighted by atomic mass is 19.1. The number of rotatable bonds is 4. The molecule has 0 unspecified atom stereocenters. The van der Waals surface area contributed by atoms with Crippen molar-refractivity contribution in [3.63, 3.8) is 0 Å². The van der Waals surface area contributed by atoms with Crippen molar-refractivity contribution in [2.45, 2.75) is 25.8 Å². The SMILES string of the molecule is N#COc1cc(F)ccc1-c1nc(N)nc2c1CN(CC1=CCCC=C1)CC2. The summed E-state index contributed by atoms with van der Waals surface area (Å²) in [6.45, 7) is 2.38. The van der Waals surface area contributed by atoms with Crippen molar-refractivity contribution in [2.24, 2.45) is 0 Å². The first-order valence-corrected chi connectivity index (χ1v) is 9.23. The van der Waals surface area contributed by atoms with Crippen LogP contribution in [0.15, 0.2) is 42.0 Å². The van der Waals surface area contributed by atoms with Crippen molar-refractivity contribution in [3.8, 4) is 23.3 Å². The minimum atomic E-state index is -0.484. The molecule has 2 aromatic rings. The van der Waals surface area contributed by atoms with E-state index in [1.807, 2.05) is 0 Å². The first-order chi connectivity index (χ1) is 13.6. The molecule has 2 aliphatic rings. The third-order valence-electron chi connectivity index (χ3n) is 4.99. The molecule has 0 spiro atoms. The van der Waals surface area contributed by atoms with Gasteiger partial charge in [-0.3, -0.25) is 4.90 Å². The molecule has 0 fully saturated rings. The smallest absolute Gasteiger partial charge is 0.292 e. The molecule has 0 saturated heterocycles. The molecule has 7 heteroatoms. The Hall–Kier alpha value is -3.24. The monoisotopic (exact) mass is 377 g/mol. The number of anilines is 1. The Kier molecular flexibility index (Phi) is 5.04. The van der Waals surface area contributed by atoms with Gasteiger partial charge in [0.1, 0.15) is 5.82 Å². The summed E-state index contributed by atoms with van der Waals surface area (Å²) in [6, 6.07) is 4.07. The van der Waals surface area contributed by atoms with E-state index >= 15 is 0 Å². The molecule has 0 atom stereocenters. The highest BCUT2D eigenvalue weighted by molar-refractivity contribution is 5.72. The molecule has 6 nitrogen and oxygen atoms in total. The van der Waals surface area contributed by atoms with E-state index < -0.39 is 5.82 Å². The van der Waals surface area contributed by atoms with Gasteiger partial charge in [0.05, 0.1) is 11.4 Å². The van der Waals surface area contributed by atoms with Crippen molar-refractivity contribution in [1.29, 1.82) is 5.26 Å². The topological polar surface area (TPSA) is 88.1 Å². The van der Waals surface area contributed by atoms with Gasteiger partial charge in [0.15, 0.2) is 5.75 Å². The number of nitrogens with two attached hydrogens (primary N) is 1. The highest BCUT2D eigenvalue weighted by Gasteiger charge is 2.25. The molecule has 28 heavy (non-hydrogen) atoms. The molecular formula is C21H20FN5O. The molecule has 142 valence electrons. The maximum atomic E-state index is 13.7. The van der Waals surface area contributed by atoms with Crippen molar-refractivity contribution in [1.82, 2.24) is 14.9 Å². The molecular weight excluding hydrogens is 357 g/mol. The maximum Gasteiger partial charge on any atom is 0.292 e. The minimum Gasteiger partial charge on any atom is -0.387 e. The van der Waals surface area contributed by atoms with Crippen LogP contribution in [0.3, 0.4) is 0 Å². The van der Waals surface area contributed by atoms with E-state index in [9.17, 15) is 4.39 Å². The summed E-state index contributed by atoms with van der Waals surface area (Å²) in [6.07, 6.45) is 11.2. The summed E-state index contributed by atoms with van der Waals surface area (Å²) < 4.78 is 18.6. The number of nitrogen functional groups attached to an aromatic ring is 1. The Balaban J connectivity index is 1.71. The van der Waals surface area contributed by atoms with Crippen molar-refractivity contribution in [2.75, 3.05) is 18.8 Å². The fraction of sp³-hybridized carbons (Fsp3) is 0.286. The largest absolute Gasteiger partial charge is 0.387 e. The zero-order chi connectivity index (χ0) is 19.5. The predicted molar refractivity (Wildman–Crippen MR) is 104 cm³/mol. The predicted octanol–water partition coefficient (Wildman–Crippen LogP) is 3.36. The third kappa shape index (κ3) is 3.73. The molecule has 0 saturated carbocycles. The van der Waals surface area contributed by atoms with Crippen LogP contribution in [0.4, 0.5) is 10.3 Å². The first-order valence-electron chi connectivity index (χ1n) is 9.23. The van der Waals surface area contributed by atoms with Crippen LogP contribution in [0.5, 0.6) is 5.75 Å². The van der Waals surface area contributed by atoms with Gasteiger partial charge in [0, 0.05) is 43.2 Å². The van der Waals surface area contributed by atoms with Gasteiger partial charge in [0.25, 0.3) is 6.26 Å². The van der Waals surface area contributed by atoms with Gasteiger partial charge in [-0.2, -0.15) is 0 Å². The van der Waals surface area contributed by atoms with Gasteiger partial charge in [-0.15, -0.1) is 5.26 Å². The van der Waals surface area contributed by atoms with Gasteiger partial charge >= 0.3 is 0 Å². The Labute approximate surface area is 162 Å². The Morgan fingerprint density at radius 1 is 1.29 bits per heavy atom. The highest BCUT2D eigenvalue weighted by Crippen LogP contribution is 2.35. The number of ether oxygens (including phenoxy) is 1. The fourth-order valence-electron chi connectivity index (χ4n) is 3.72. The zero-order valence-corrected chi connectivity index (χ0v) is 15.4. The molecule has 1 aliphatic heterocycles. The lowest BCUT2D eigenvalue weighted by atomic mass is 9.97. The van der Waals surface area contributed by atoms with E-state index in [0.29, 0.717) is 17.8 Å². The van der Waals surface area contributed by atoms with E-state index in [-0.39, 0.29) is 11.7 Å². The Bertz CT molecular complexity index is 1010. The summed E-state index contributed by atoms with van der Waals surface area (Å²) >= 11 is 0. The Morgan fingerprint density at radius 3 is 2.96 bits per heavy atom. The van der Waals surface area contributed by atoms with Crippen molar-refractivity contribution < 1.29 is 9.13 Å². The Morgan fingerprint density at radius 2 is 2.18 bits per heavy atom. The van der Waals surface area contributed by atoms with E-state index in [1.165, 1.54) is 17.7 Å². The third-order valence-corrected chi connectivity index (χ3v) is 4.99. The van der Waals surface area contributed by atoms with Gasteiger partial charge in [-0.1, -0.05) is 18.2 Å². The van der Waals surface area contributed by atoms with Crippen LogP contribution in [0.25, 0.3) is 11.3 Å². The number of aromatic nitrogens is 2. The van der Waals surface area contributed by atoms with Gasteiger partial charge in [0.2, 0.25) is 5.95 Å². The minimum absolute atomic E-state index is 0.123. The molecule has 0 amide bonds. The van der Waals surface area contributed by atoms with Crippen molar-refractivity contribution in [3.05, 3.63) is 59.1 Å². The molecule has 1 aromatic carbocycles. The zero-order valence-electron chi connectivity index (χ0n) is 15.4. The first kappa shape index (κ1) is 18.1. The molecule has 2 heterocycles. The lowest BCUT2D eigenvalue weighted by Gasteiger charge is -2.30. The normalized spacial score (nSPS) is 16.2. The van der Waals surface area contributed by atoms with E-state index in [2.05, 4.69) is 33.1 Å². The molecule has 0 radical (unpaired) electrons. The summed E-state index contributed by atoms with van der Waals surface area (Å²) in [5.74, 6) is -0.201. The number of hydrogen-bond donors (Lipinski definition) is 1. The van der Waals surface area contributed by atoms with Crippen LogP contribution in [0, 0.1) is 17.3 Å². The summed E-state index contributed by atoms with van der Waals surface area (Å²) in [7, 11) is 0. The number of allylic oxidation sites excluding steroid dienone is 2. The molecule has 0 bridgehead atoms. The lowest BCUT2D eigenvalue weighted by molar-refractivity contribution is 0.274. The number of fused-ring (bicyclic) bond motifs is 1. The second-order valence-corrected chi connectivity index (χ2v) is 6.91. The van der Waals surface area contributed by atoms with Crippen LogP contribution in [-0.4, -0.2) is 28.0 Å². The number of nitrogens with zero attached hydrogens (tertiary/aromatic N) is 4. The van der Waals surface area contributed by atoms with Crippen LogP contribution in [0.2, 0.25) is 0 Å². The number of hydrogen-bond acceptors (Lipinski definition) is 6. The van der Waals surface area contributed by atoms with Crippen LogP contribution < -0.4 is 10.5 Å². The fourth-order valence-corrected chi connectivity index (χ4v) is 3.72.